The molecular formula is C32H41ClN2O6S. The van der Waals surface area contributed by atoms with Crippen molar-refractivity contribution in [2.45, 2.75) is 62.5 Å². The van der Waals surface area contributed by atoms with Crippen LogP contribution in [0.4, 0.5) is 0 Å². The van der Waals surface area contributed by atoms with E-state index in [1.165, 1.54) is 31.9 Å². The first-order valence-electron chi connectivity index (χ1n) is 13.9. The molecule has 0 aliphatic heterocycles. The number of benzene rings is 3. The lowest BCUT2D eigenvalue weighted by Gasteiger charge is -2.29. The molecule has 3 aromatic rings. The predicted molar refractivity (Wildman–Crippen MR) is 167 cm³/mol. The first kappa shape index (κ1) is 33.6. The Balaban J connectivity index is 1.61. The number of carboxylic acids is 1. The molecule has 42 heavy (non-hydrogen) atoms. The highest BCUT2D eigenvalue weighted by Gasteiger charge is 2.25. The summed E-state index contributed by atoms with van der Waals surface area (Å²) < 4.78 is 33.1. The number of carboxylic acid groups (broad SMARTS) is 1. The topological polar surface area (TPSA) is 116 Å². The van der Waals surface area contributed by atoms with E-state index in [1.54, 1.807) is 24.3 Å². The summed E-state index contributed by atoms with van der Waals surface area (Å²) in [7, 11) is -0.964. The summed E-state index contributed by atoms with van der Waals surface area (Å²) >= 11 is 6.55. The maximum atomic E-state index is 13.3. The number of carbonyl (C=O) groups is 1. The van der Waals surface area contributed by atoms with Crippen LogP contribution in [0.1, 0.15) is 44.2 Å². The van der Waals surface area contributed by atoms with Crippen molar-refractivity contribution >= 4 is 27.6 Å². The molecule has 1 atom stereocenters. The number of aliphatic hydroxyl groups is 1. The fraction of sp³-hybridized carbons (Fsp3) is 0.406. The molecule has 0 heterocycles. The van der Waals surface area contributed by atoms with Gasteiger partial charge >= 0.3 is 5.97 Å². The summed E-state index contributed by atoms with van der Waals surface area (Å²) in [6.07, 6.45) is 2.19. The van der Waals surface area contributed by atoms with Gasteiger partial charge in [-0.25, -0.2) is 8.42 Å². The highest BCUT2D eigenvalue weighted by Crippen LogP contribution is 2.34. The van der Waals surface area contributed by atoms with Crippen molar-refractivity contribution in [1.29, 1.82) is 0 Å². The van der Waals surface area contributed by atoms with Crippen molar-refractivity contribution in [2.75, 3.05) is 27.2 Å². The third-order valence-corrected chi connectivity index (χ3v) is 9.37. The Morgan fingerprint density at radius 1 is 1.07 bits per heavy atom. The predicted octanol–water partition coefficient (Wildman–Crippen LogP) is 5.41. The number of aliphatic carboxylic acids is 1. The molecule has 0 saturated carbocycles. The van der Waals surface area contributed by atoms with E-state index in [0.29, 0.717) is 22.4 Å². The van der Waals surface area contributed by atoms with Crippen LogP contribution >= 0.6 is 11.6 Å². The average Bonchev–Trinajstić information content (AvgIpc) is 2.95. The molecule has 0 bridgehead atoms. The summed E-state index contributed by atoms with van der Waals surface area (Å²) in [5, 5.41) is 23.3. The Morgan fingerprint density at radius 3 is 2.43 bits per heavy atom. The first-order chi connectivity index (χ1) is 19.8. The molecule has 0 saturated heterocycles. The van der Waals surface area contributed by atoms with Crippen LogP contribution in [0, 0.1) is 0 Å². The van der Waals surface area contributed by atoms with Crippen LogP contribution < -0.4 is 10.1 Å². The standard InChI is InChI=1S/C32H41ClN2O6S/c1-32(2,18-8-11-23-9-6-5-7-10-23)34-21-26(36)22-35(3)42(39,40)27-14-15-28(29(33)20-27)24-12-16-30(41-4)25(19-24)13-17-31(37)38/h5-7,9-10,12,14-16,19-20,26,34,36H,8,11,13,17-18,21-22H2,1-4H3,(H,37,38)/t26-/m1/s1. The van der Waals surface area contributed by atoms with E-state index < -0.39 is 22.1 Å². The summed E-state index contributed by atoms with van der Waals surface area (Å²) in [6.45, 7) is 4.32. The molecular weight excluding hydrogens is 576 g/mol. The van der Waals surface area contributed by atoms with Gasteiger partial charge in [0.25, 0.3) is 0 Å². The molecule has 0 radical (unpaired) electrons. The fourth-order valence-electron chi connectivity index (χ4n) is 4.77. The summed E-state index contributed by atoms with van der Waals surface area (Å²) in [5.41, 5.74) is 3.11. The molecule has 0 fully saturated rings. The zero-order valence-electron chi connectivity index (χ0n) is 24.6. The molecule has 10 heteroatoms. The van der Waals surface area contributed by atoms with Gasteiger partial charge in [0, 0.05) is 42.7 Å². The number of aryl methyl sites for hydroxylation is 2. The molecule has 3 N–H and O–H groups in total. The largest absolute Gasteiger partial charge is 0.496 e. The lowest BCUT2D eigenvalue weighted by Crippen LogP contribution is -2.46. The second kappa shape index (κ2) is 15.0. The van der Waals surface area contributed by atoms with Gasteiger partial charge in [0.2, 0.25) is 10.0 Å². The van der Waals surface area contributed by atoms with E-state index in [-0.39, 0.29) is 41.4 Å². The third kappa shape index (κ3) is 9.54. The van der Waals surface area contributed by atoms with Gasteiger partial charge in [-0.3, -0.25) is 4.79 Å². The number of hydrogen-bond acceptors (Lipinski definition) is 6. The molecule has 0 aliphatic rings. The zero-order valence-corrected chi connectivity index (χ0v) is 26.2. The van der Waals surface area contributed by atoms with Crippen LogP contribution in [0.25, 0.3) is 11.1 Å². The van der Waals surface area contributed by atoms with Crippen molar-refractivity contribution in [3.05, 3.63) is 82.9 Å². The van der Waals surface area contributed by atoms with Crippen molar-refractivity contribution in [3.8, 4) is 16.9 Å². The van der Waals surface area contributed by atoms with E-state index in [2.05, 4.69) is 31.3 Å². The Kier molecular flexibility index (Phi) is 12.0. The van der Waals surface area contributed by atoms with Crippen LogP contribution in [0.5, 0.6) is 5.75 Å². The number of nitrogens with zero attached hydrogens (tertiary/aromatic N) is 1. The van der Waals surface area contributed by atoms with Crippen molar-refractivity contribution in [3.63, 3.8) is 0 Å². The van der Waals surface area contributed by atoms with Crippen LogP contribution in [0.2, 0.25) is 5.02 Å². The molecule has 3 rings (SSSR count). The molecule has 0 aromatic heterocycles. The van der Waals surface area contributed by atoms with E-state index in [9.17, 15) is 18.3 Å². The molecule has 0 spiro atoms. The van der Waals surface area contributed by atoms with Gasteiger partial charge in [-0.05, 0) is 80.5 Å². The minimum absolute atomic E-state index is 0.0137. The van der Waals surface area contributed by atoms with Crippen molar-refractivity contribution in [1.82, 2.24) is 9.62 Å². The van der Waals surface area contributed by atoms with Gasteiger partial charge in [-0.2, -0.15) is 4.31 Å². The number of β-amino-alcohol motifs (C(OH)–C–C–N with tert-alkyl or cyclic N) is 1. The smallest absolute Gasteiger partial charge is 0.303 e. The SMILES string of the molecule is COc1ccc(-c2ccc(S(=O)(=O)N(C)C[C@H](O)CNC(C)(C)CCCc3ccccc3)cc2Cl)cc1CCC(=O)O. The zero-order chi connectivity index (χ0) is 30.9. The number of methoxy groups -OCH3 is 1. The van der Waals surface area contributed by atoms with E-state index in [4.69, 9.17) is 21.4 Å². The van der Waals surface area contributed by atoms with Crippen molar-refractivity contribution < 1.29 is 28.2 Å². The Bertz CT molecular complexity index is 1450. The van der Waals surface area contributed by atoms with Crippen LogP contribution in [0.15, 0.2) is 71.6 Å². The summed E-state index contributed by atoms with van der Waals surface area (Å²) in [6, 6.07) is 20.1. The quantitative estimate of drug-likeness (QED) is 0.197. The molecule has 0 amide bonds. The van der Waals surface area contributed by atoms with Crippen LogP contribution in [-0.2, 0) is 27.7 Å². The van der Waals surface area contributed by atoms with Gasteiger partial charge < -0.3 is 20.3 Å². The van der Waals surface area contributed by atoms with Gasteiger partial charge in [-0.15, -0.1) is 0 Å². The van der Waals surface area contributed by atoms with Crippen LogP contribution in [0.3, 0.4) is 0 Å². The van der Waals surface area contributed by atoms with Gasteiger partial charge in [0.05, 0.1) is 18.1 Å². The third-order valence-electron chi connectivity index (χ3n) is 7.24. The summed E-state index contributed by atoms with van der Waals surface area (Å²) in [5.74, 6) is -0.344. The second-order valence-electron chi connectivity index (χ2n) is 11.1. The molecule has 3 aromatic carbocycles. The van der Waals surface area contributed by atoms with Crippen molar-refractivity contribution in [2.24, 2.45) is 0 Å². The summed E-state index contributed by atoms with van der Waals surface area (Å²) in [4.78, 5) is 11.1. The number of likely N-dealkylation sites (N-methyl/N-ethyl adjacent to an activating group) is 1. The van der Waals surface area contributed by atoms with E-state index >= 15 is 0 Å². The highest BCUT2D eigenvalue weighted by atomic mass is 35.5. The molecule has 0 unspecified atom stereocenters. The second-order valence-corrected chi connectivity index (χ2v) is 13.6. The maximum absolute atomic E-state index is 13.3. The number of ether oxygens (including phenoxy) is 1. The van der Waals surface area contributed by atoms with E-state index in [1.807, 2.05) is 18.2 Å². The number of aliphatic hydroxyl groups excluding tert-OH is 1. The monoisotopic (exact) mass is 616 g/mol. The fourth-order valence-corrected chi connectivity index (χ4v) is 6.36. The Hall–Kier alpha value is -2.95. The average molecular weight is 617 g/mol. The number of sulfonamides is 1. The number of halogens is 1. The van der Waals surface area contributed by atoms with Gasteiger partial charge in [-0.1, -0.05) is 54.1 Å². The number of rotatable bonds is 16. The minimum Gasteiger partial charge on any atom is -0.496 e. The molecule has 0 aliphatic carbocycles. The lowest BCUT2D eigenvalue weighted by molar-refractivity contribution is -0.136. The number of nitrogens with one attached hydrogen (secondary N) is 1. The Morgan fingerprint density at radius 2 is 1.79 bits per heavy atom. The normalized spacial score (nSPS) is 12.8. The first-order valence-corrected chi connectivity index (χ1v) is 15.8. The van der Waals surface area contributed by atoms with Gasteiger partial charge in [0.1, 0.15) is 5.75 Å². The van der Waals surface area contributed by atoms with Gasteiger partial charge in [0.15, 0.2) is 0 Å². The minimum atomic E-state index is -3.92. The maximum Gasteiger partial charge on any atom is 0.303 e. The lowest BCUT2D eigenvalue weighted by atomic mass is 9.95. The van der Waals surface area contributed by atoms with E-state index in [0.717, 1.165) is 23.6 Å². The molecule has 228 valence electrons. The Labute approximate surface area is 254 Å². The molecule has 8 nitrogen and oxygen atoms in total. The van der Waals surface area contributed by atoms with Crippen LogP contribution in [-0.4, -0.2) is 67.8 Å². The highest BCUT2D eigenvalue weighted by molar-refractivity contribution is 7.89. The number of hydrogen-bond donors (Lipinski definition) is 3.